The predicted molar refractivity (Wildman–Crippen MR) is 86.0 cm³/mol. The van der Waals surface area contributed by atoms with Gasteiger partial charge in [0.2, 0.25) is 0 Å². The number of nitrogens with one attached hydrogen (secondary N) is 1. The number of aromatic nitrogens is 2. The molecule has 7 nitrogen and oxygen atoms in total. The van der Waals surface area contributed by atoms with Crippen molar-refractivity contribution in [3.8, 4) is 11.5 Å². The first-order chi connectivity index (χ1) is 11.6. The average molecular weight is 332 g/mol. The number of hydrogen-bond acceptors (Lipinski definition) is 6. The Kier molecular flexibility index (Phi) is 4.45. The topological polar surface area (TPSA) is 87.6 Å². The van der Waals surface area contributed by atoms with Crippen molar-refractivity contribution in [3.05, 3.63) is 35.6 Å². The Balaban J connectivity index is 1.73. The average Bonchev–Trinajstić information content (AvgIpc) is 3.12. The first kappa shape index (κ1) is 16.0. The number of amides is 1. The number of benzene rings is 1. The molecule has 0 unspecified atom stereocenters. The minimum absolute atomic E-state index is 0.00701. The molecule has 0 bridgehead atoms. The minimum Gasteiger partial charge on any atom is -0.502 e. The maximum absolute atomic E-state index is 13.6. The molecule has 1 saturated heterocycles. The summed E-state index contributed by atoms with van der Waals surface area (Å²) in [6.07, 6.45) is 2.27. The molecule has 2 aromatic rings. The van der Waals surface area contributed by atoms with Crippen molar-refractivity contribution in [3.63, 3.8) is 0 Å². The van der Waals surface area contributed by atoms with Crippen molar-refractivity contribution in [2.45, 2.75) is 12.8 Å². The molecule has 1 aromatic heterocycles. The second-order valence-electron chi connectivity index (χ2n) is 5.43. The van der Waals surface area contributed by atoms with Gasteiger partial charge in [-0.3, -0.25) is 4.79 Å². The van der Waals surface area contributed by atoms with Gasteiger partial charge in [0.1, 0.15) is 0 Å². The van der Waals surface area contributed by atoms with Crippen molar-refractivity contribution in [1.82, 2.24) is 10.2 Å². The molecule has 1 fully saturated rings. The Morgan fingerprint density at radius 1 is 1.29 bits per heavy atom. The van der Waals surface area contributed by atoms with Gasteiger partial charge in [-0.2, -0.15) is 0 Å². The molecule has 8 heteroatoms. The molecule has 2 N–H and O–H groups in total. The monoisotopic (exact) mass is 332 g/mol. The van der Waals surface area contributed by atoms with Crippen molar-refractivity contribution in [2.24, 2.45) is 0 Å². The Labute approximate surface area is 138 Å². The highest BCUT2D eigenvalue weighted by atomic mass is 19.1. The molecule has 0 saturated carbocycles. The van der Waals surface area contributed by atoms with Crippen LogP contribution in [0.15, 0.2) is 24.3 Å². The number of nitrogens with zero attached hydrogens (tertiary/aromatic N) is 3. The summed E-state index contributed by atoms with van der Waals surface area (Å²) in [4.78, 5) is 14.3. The van der Waals surface area contributed by atoms with Crippen LogP contribution in [-0.4, -0.2) is 41.4 Å². The number of hydrogen-bond donors (Lipinski definition) is 2. The molecule has 0 aliphatic carbocycles. The lowest BCUT2D eigenvalue weighted by Crippen LogP contribution is -2.20. The van der Waals surface area contributed by atoms with Crippen LogP contribution in [-0.2, 0) is 0 Å². The second kappa shape index (κ2) is 6.69. The largest absolute Gasteiger partial charge is 0.502 e. The van der Waals surface area contributed by atoms with Crippen molar-refractivity contribution >= 4 is 17.5 Å². The van der Waals surface area contributed by atoms with Crippen LogP contribution in [0.2, 0.25) is 0 Å². The van der Waals surface area contributed by atoms with E-state index in [9.17, 15) is 14.3 Å². The molecular formula is C16H17FN4O3. The van der Waals surface area contributed by atoms with Crippen molar-refractivity contribution in [1.29, 1.82) is 0 Å². The summed E-state index contributed by atoms with van der Waals surface area (Å²) in [6, 6.07) is 5.61. The zero-order valence-electron chi connectivity index (χ0n) is 13.1. The first-order valence-corrected chi connectivity index (χ1v) is 7.55. The van der Waals surface area contributed by atoms with Gasteiger partial charge in [0, 0.05) is 18.7 Å². The van der Waals surface area contributed by atoms with Crippen molar-refractivity contribution in [2.75, 3.05) is 30.4 Å². The maximum Gasteiger partial charge on any atom is 0.257 e. The van der Waals surface area contributed by atoms with Crippen LogP contribution in [0.4, 0.5) is 16.0 Å². The fourth-order valence-corrected chi connectivity index (χ4v) is 2.56. The van der Waals surface area contributed by atoms with Gasteiger partial charge in [0.05, 0.1) is 7.11 Å². The number of aromatic hydroxyl groups is 1. The number of methoxy groups -OCH3 is 1. The summed E-state index contributed by atoms with van der Waals surface area (Å²) >= 11 is 0. The fraction of sp³-hybridized carbons (Fsp3) is 0.312. The second-order valence-corrected chi connectivity index (χ2v) is 5.43. The van der Waals surface area contributed by atoms with E-state index >= 15 is 0 Å². The van der Waals surface area contributed by atoms with E-state index in [0.717, 1.165) is 37.8 Å². The van der Waals surface area contributed by atoms with E-state index in [1.165, 1.54) is 13.2 Å². The van der Waals surface area contributed by atoms with Gasteiger partial charge in [0.25, 0.3) is 5.91 Å². The number of phenolic OH excluding ortho intramolecular Hbond substituents is 1. The lowest BCUT2D eigenvalue weighted by atomic mass is 10.1. The van der Waals surface area contributed by atoms with Crippen LogP contribution in [0, 0.1) is 5.82 Å². The number of carbonyl (C=O) groups excluding carboxylic acids is 1. The van der Waals surface area contributed by atoms with E-state index in [1.54, 1.807) is 12.1 Å². The van der Waals surface area contributed by atoms with Crippen LogP contribution in [0.25, 0.3) is 0 Å². The number of halogens is 1. The third kappa shape index (κ3) is 3.22. The molecule has 3 rings (SSSR count). The van der Waals surface area contributed by atoms with Gasteiger partial charge >= 0.3 is 0 Å². The molecule has 0 spiro atoms. The van der Waals surface area contributed by atoms with Crippen LogP contribution < -0.4 is 15.0 Å². The minimum atomic E-state index is -0.935. The number of phenols is 1. The van der Waals surface area contributed by atoms with Crippen LogP contribution in [0.1, 0.15) is 23.2 Å². The molecule has 1 aliphatic rings. The van der Waals surface area contributed by atoms with Crippen LogP contribution in [0.5, 0.6) is 11.5 Å². The summed E-state index contributed by atoms with van der Waals surface area (Å²) in [6.45, 7) is 1.90. The van der Waals surface area contributed by atoms with Crippen LogP contribution >= 0.6 is 0 Å². The molecule has 1 aliphatic heterocycles. The van der Waals surface area contributed by atoms with E-state index in [4.69, 9.17) is 4.74 Å². The smallest absolute Gasteiger partial charge is 0.257 e. The standard InChI is InChI=1S/C16H17FN4O3/c1-24-12-9-10(8-11(17)15(12)22)16(23)18-13-4-5-14(20-19-13)21-6-2-3-7-21/h4-5,8-9,22H,2-3,6-7H2,1H3,(H,18,19,23). The molecule has 0 atom stereocenters. The van der Waals surface area contributed by atoms with Gasteiger partial charge in [-0.25, -0.2) is 4.39 Å². The number of carbonyl (C=O) groups is 1. The Bertz CT molecular complexity index is 746. The Morgan fingerprint density at radius 2 is 2.04 bits per heavy atom. The zero-order valence-corrected chi connectivity index (χ0v) is 13.1. The van der Waals surface area contributed by atoms with E-state index in [1.807, 2.05) is 0 Å². The number of ether oxygens (including phenoxy) is 1. The molecule has 2 heterocycles. The normalized spacial score (nSPS) is 13.8. The quantitative estimate of drug-likeness (QED) is 0.892. The molecular weight excluding hydrogens is 315 g/mol. The third-order valence-corrected chi connectivity index (χ3v) is 3.83. The molecule has 1 aromatic carbocycles. The molecule has 0 radical (unpaired) electrons. The van der Waals surface area contributed by atoms with Crippen molar-refractivity contribution < 1.29 is 19.0 Å². The Morgan fingerprint density at radius 3 is 2.67 bits per heavy atom. The summed E-state index contributed by atoms with van der Waals surface area (Å²) < 4.78 is 18.4. The highest BCUT2D eigenvalue weighted by Crippen LogP contribution is 2.30. The lowest BCUT2D eigenvalue weighted by molar-refractivity contribution is 0.102. The highest BCUT2D eigenvalue weighted by molar-refractivity contribution is 6.04. The third-order valence-electron chi connectivity index (χ3n) is 3.83. The molecule has 126 valence electrons. The molecule has 1 amide bonds. The first-order valence-electron chi connectivity index (χ1n) is 7.55. The van der Waals surface area contributed by atoms with E-state index < -0.39 is 17.5 Å². The van der Waals surface area contributed by atoms with Gasteiger partial charge < -0.3 is 20.1 Å². The zero-order chi connectivity index (χ0) is 17.1. The predicted octanol–water partition coefficient (Wildman–Crippen LogP) is 2.18. The van der Waals surface area contributed by atoms with Gasteiger partial charge in [-0.15, -0.1) is 10.2 Å². The Hall–Kier alpha value is -2.90. The van der Waals surface area contributed by atoms with Gasteiger partial charge in [-0.1, -0.05) is 0 Å². The number of anilines is 2. The highest BCUT2D eigenvalue weighted by Gasteiger charge is 2.17. The van der Waals surface area contributed by atoms with Gasteiger partial charge in [0.15, 0.2) is 29.0 Å². The maximum atomic E-state index is 13.6. The summed E-state index contributed by atoms with van der Waals surface area (Å²) in [5, 5.41) is 20.1. The van der Waals surface area contributed by atoms with Gasteiger partial charge in [-0.05, 0) is 37.1 Å². The molecule has 24 heavy (non-hydrogen) atoms. The summed E-state index contributed by atoms with van der Waals surface area (Å²) in [5.41, 5.74) is 0.00701. The lowest BCUT2D eigenvalue weighted by Gasteiger charge is -2.15. The SMILES string of the molecule is COc1cc(C(=O)Nc2ccc(N3CCCC3)nn2)cc(F)c1O. The van der Waals surface area contributed by atoms with Crippen LogP contribution in [0.3, 0.4) is 0 Å². The number of rotatable bonds is 4. The van der Waals surface area contributed by atoms with E-state index in [0.29, 0.717) is 0 Å². The fourth-order valence-electron chi connectivity index (χ4n) is 2.56. The summed E-state index contributed by atoms with van der Waals surface area (Å²) in [7, 11) is 1.28. The van der Waals surface area contributed by atoms with E-state index in [-0.39, 0.29) is 17.1 Å². The summed E-state index contributed by atoms with van der Waals surface area (Å²) in [5.74, 6) is -1.23. The van der Waals surface area contributed by atoms with E-state index in [2.05, 4.69) is 20.4 Å².